The first-order valence-electron chi connectivity index (χ1n) is 16.8. The minimum atomic E-state index is -0.781. The highest BCUT2D eigenvalue weighted by atomic mass is 16.5. The molecule has 1 unspecified atom stereocenters. The lowest BCUT2D eigenvalue weighted by Crippen LogP contribution is -2.25. The predicted octanol–water partition coefficient (Wildman–Crippen LogP) is 8.73. The number of aliphatic hydroxyl groups excluding tert-OH is 1. The minimum absolute atomic E-state index is 0.134. The van der Waals surface area contributed by atoms with Crippen LogP contribution < -0.4 is 18.9 Å². The van der Waals surface area contributed by atoms with E-state index >= 15 is 0 Å². The van der Waals surface area contributed by atoms with Gasteiger partial charge in [-0.3, -0.25) is 0 Å². The molecule has 2 saturated carbocycles. The number of benzene rings is 4. The maximum absolute atomic E-state index is 10.7. The Labute approximate surface area is 274 Å². The SMILES string of the molecule is CC(C)(c1ccc(OCC2CC2)cc1)c1cccc(OCC(O)COc2cccc(C(C)(C)c3cccc(OCC4CC4)c3)c2)c1. The van der Waals surface area contributed by atoms with Crippen LogP contribution in [0.3, 0.4) is 0 Å². The Morgan fingerprint density at radius 1 is 0.522 bits per heavy atom. The fourth-order valence-corrected chi connectivity index (χ4v) is 5.66. The van der Waals surface area contributed by atoms with E-state index in [1.807, 2.05) is 30.3 Å². The van der Waals surface area contributed by atoms with Crippen LogP contribution >= 0.6 is 0 Å². The van der Waals surface area contributed by atoms with Gasteiger partial charge in [-0.05, 0) is 108 Å². The lowest BCUT2D eigenvalue weighted by molar-refractivity contribution is 0.0625. The molecule has 0 bridgehead atoms. The van der Waals surface area contributed by atoms with Gasteiger partial charge >= 0.3 is 0 Å². The lowest BCUT2D eigenvalue weighted by atomic mass is 9.78. The molecule has 0 heterocycles. The molecule has 2 aliphatic carbocycles. The van der Waals surface area contributed by atoms with Crippen molar-refractivity contribution in [3.8, 4) is 23.0 Å². The Kier molecular flexibility index (Phi) is 9.60. The average molecular weight is 621 g/mol. The quantitative estimate of drug-likeness (QED) is 0.136. The van der Waals surface area contributed by atoms with Crippen LogP contribution in [0.2, 0.25) is 0 Å². The van der Waals surface area contributed by atoms with Crippen LogP contribution in [0.15, 0.2) is 97.1 Å². The standard InChI is InChI=1S/C41H48O5/c1-40(2,31-18-20-36(21-19-31)43-25-29-14-15-29)32-8-5-12-38(22-32)45-27-35(42)28-46-39-13-7-10-34(24-39)41(3,4)33-9-6-11-37(23-33)44-26-30-16-17-30/h5-13,18-24,29-30,35,42H,14-17,25-28H2,1-4H3. The number of ether oxygens (including phenoxy) is 4. The van der Waals surface area contributed by atoms with Crippen LogP contribution in [0.1, 0.15) is 75.6 Å². The van der Waals surface area contributed by atoms with Gasteiger partial charge in [-0.25, -0.2) is 0 Å². The summed E-state index contributed by atoms with van der Waals surface area (Å²) < 4.78 is 24.0. The molecule has 0 radical (unpaired) electrons. The summed E-state index contributed by atoms with van der Waals surface area (Å²) in [4.78, 5) is 0. The zero-order valence-electron chi connectivity index (χ0n) is 27.7. The Bertz CT molecular complexity index is 1580. The molecule has 0 aromatic heterocycles. The Balaban J connectivity index is 1.02. The molecule has 5 nitrogen and oxygen atoms in total. The summed E-state index contributed by atoms with van der Waals surface area (Å²) in [6.07, 6.45) is 4.34. The smallest absolute Gasteiger partial charge is 0.122 e. The first kappa shape index (κ1) is 32.0. The molecule has 4 aromatic rings. The van der Waals surface area contributed by atoms with E-state index in [1.54, 1.807) is 0 Å². The third-order valence-corrected chi connectivity index (χ3v) is 9.49. The van der Waals surface area contributed by atoms with Crippen molar-refractivity contribution in [2.75, 3.05) is 26.4 Å². The van der Waals surface area contributed by atoms with Crippen molar-refractivity contribution in [3.05, 3.63) is 119 Å². The fraction of sp³-hybridized carbons (Fsp3) is 0.415. The van der Waals surface area contributed by atoms with E-state index in [1.165, 1.54) is 36.8 Å². The molecule has 2 aliphatic rings. The summed E-state index contributed by atoms with van der Waals surface area (Å²) in [5, 5.41) is 10.7. The molecule has 4 aromatic carbocycles. The van der Waals surface area contributed by atoms with Crippen LogP contribution in [-0.4, -0.2) is 37.6 Å². The third-order valence-electron chi connectivity index (χ3n) is 9.49. The van der Waals surface area contributed by atoms with E-state index < -0.39 is 6.10 Å². The third kappa shape index (κ3) is 8.24. The van der Waals surface area contributed by atoms with E-state index in [-0.39, 0.29) is 24.0 Å². The van der Waals surface area contributed by atoms with Gasteiger partial charge in [-0.1, -0.05) is 76.2 Å². The molecule has 5 heteroatoms. The zero-order chi connectivity index (χ0) is 32.1. The summed E-state index contributed by atoms with van der Waals surface area (Å²) in [5.41, 5.74) is 4.20. The highest BCUT2D eigenvalue weighted by Gasteiger charge is 2.27. The van der Waals surface area contributed by atoms with Gasteiger partial charge < -0.3 is 24.1 Å². The predicted molar refractivity (Wildman–Crippen MR) is 183 cm³/mol. The average Bonchev–Trinajstić information content (AvgIpc) is 4.01. The van der Waals surface area contributed by atoms with Gasteiger partial charge in [0.05, 0.1) is 13.2 Å². The van der Waals surface area contributed by atoms with Crippen LogP contribution in [-0.2, 0) is 10.8 Å². The molecular formula is C41H48O5. The normalized spacial score (nSPS) is 15.7. The van der Waals surface area contributed by atoms with E-state index in [4.69, 9.17) is 18.9 Å². The van der Waals surface area contributed by atoms with E-state index in [9.17, 15) is 5.11 Å². The van der Waals surface area contributed by atoms with Crippen molar-refractivity contribution in [1.29, 1.82) is 0 Å². The molecule has 0 saturated heterocycles. The fourth-order valence-electron chi connectivity index (χ4n) is 5.66. The molecule has 6 rings (SSSR count). The van der Waals surface area contributed by atoms with E-state index in [0.29, 0.717) is 5.92 Å². The van der Waals surface area contributed by atoms with Crippen LogP contribution in [0.25, 0.3) is 0 Å². The first-order chi connectivity index (χ1) is 22.2. The molecule has 2 fully saturated rings. The van der Waals surface area contributed by atoms with Crippen molar-refractivity contribution in [2.45, 2.75) is 70.3 Å². The topological polar surface area (TPSA) is 57.2 Å². The summed E-state index contributed by atoms with van der Waals surface area (Å²) >= 11 is 0. The monoisotopic (exact) mass is 620 g/mol. The molecule has 1 N–H and O–H groups in total. The van der Waals surface area contributed by atoms with Crippen molar-refractivity contribution >= 4 is 0 Å². The molecule has 0 aliphatic heterocycles. The van der Waals surface area contributed by atoms with Gasteiger partial charge in [-0.2, -0.15) is 0 Å². The van der Waals surface area contributed by atoms with Gasteiger partial charge in [0.2, 0.25) is 0 Å². The van der Waals surface area contributed by atoms with Crippen LogP contribution in [0.5, 0.6) is 23.0 Å². The zero-order valence-corrected chi connectivity index (χ0v) is 27.7. The lowest BCUT2D eigenvalue weighted by Gasteiger charge is -2.27. The van der Waals surface area contributed by atoms with E-state index in [2.05, 4.69) is 94.4 Å². The Hall–Kier alpha value is -3.96. The number of hydrogen-bond acceptors (Lipinski definition) is 5. The highest BCUT2D eigenvalue weighted by Crippen LogP contribution is 2.37. The van der Waals surface area contributed by atoms with Gasteiger partial charge in [0.25, 0.3) is 0 Å². The van der Waals surface area contributed by atoms with Gasteiger partial charge in [0.15, 0.2) is 0 Å². The number of hydrogen-bond donors (Lipinski definition) is 1. The molecule has 0 spiro atoms. The summed E-state index contributed by atoms with van der Waals surface area (Å²) in [6, 6.07) is 33.0. The first-order valence-corrected chi connectivity index (χ1v) is 16.8. The van der Waals surface area contributed by atoms with Crippen molar-refractivity contribution in [3.63, 3.8) is 0 Å². The summed E-state index contributed by atoms with van der Waals surface area (Å²) in [6.45, 7) is 10.7. The molecular weight excluding hydrogens is 572 g/mol. The van der Waals surface area contributed by atoms with Gasteiger partial charge in [-0.15, -0.1) is 0 Å². The maximum Gasteiger partial charge on any atom is 0.122 e. The Morgan fingerprint density at radius 3 is 1.35 bits per heavy atom. The summed E-state index contributed by atoms with van der Waals surface area (Å²) in [7, 11) is 0. The van der Waals surface area contributed by atoms with Crippen LogP contribution in [0.4, 0.5) is 0 Å². The number of rotatable bonds is 16. The number of aliphatic hydroxyl groups is 1. The minimum Gasteiger partial charge on any atom is -0.493 e. The van der Waals surface area contributed by atoms with Crippen molar-refractivity contribution in [2.24, 2.45) is 11.8 Å². The molecule has 0 amide bonds. The van der Waals surface area contributed by atoms with E-state index in [0.717, 1.165) is 53.3 Å². The van der Waals surface area contributed by atoms with Gasteiger partial charge in [0, 0.05) is 10.8 Å². The second-order valence-electron chi connectivity index (χ2n) is 14.1. The maximum atomic E-state index is 10.7. The molecule has 1 atom stereocenters. The van der Waals surface area contributed by atoms with Crippen molar-refractivity contribution < 1.29 is 24.1 Å². The second kappa shape index (κ2) is 13.8. The molecule has 46 heavy (non-hydrogen) atoms. The largest absolute Gasteiger partial charge is 0.493 e. The van der Waals surface area contributed by atoms with Crippen molar-refractivity contribution in [1.82, 2.24) is 0 Å². The Morgan fingerprint density at radius 2 is 0.913 bits per heavy atom. The highest BCUT2D eigenvalue weighted by molar-refractivity contribution is 5.44. The second-order valence-corrected chi connectivity index (χ2v) is 14.1. The van der Waals surface area contributed by atoms with Gasteiger partial charge in [0.1, 0.15) is 42.3 Å². The molecule has 242 valence electrons. The summed E-state index contributed by atoms with van der Waals surface area (Å²) in [5.74, 6) is 4.74. The van der Waals surface area contributed by atoms with Crippen LogP contribution in [0, 0.1) is 11.8 Å².